The maximum absolute atomic E-state index is 11.2. The molecule has 20 heavy (non-hydrogen) atoms. The van der Waals surface area contributed by atoms with Crippen molar-refractivity contribution < 1.29 is 9.53 Å². The molecule has 5 nitrogen and oxygen atoms in total. The predicted molar refractivity (Wildman–Crippen MR) is 78.0 cm³/mol. The van der Waals surface area contributed by atoms with Crippen LogP contribution in [0.5, 0.6) is 0 Å². The van der Waals surface area contributed by atoms with Gasteiger partial charge in [0, 0.05) is 17.9 Å². The van der Waals surface area contributed by atoms with Gasteiger partial charge in [0.25, 0.3) is 0 Å². The summed E-state index contributed by atoms with van der Waals surface area (Å²) in [5.41, 5.74) is 1.03. The van der Waals surface area contributed by atoms with E-state index in [0.29, 0.717) is 13.0 Å². The van der Waals surface area contributed by atoms with E-state index in [1.807, 2.05) is 41.8 Å². The van der Waals surface area contributed by atoms with Gasteiger partial charge in [0.05, 0.1) is 6.61 Å². The molecule has 2 rings (SSSR count). The Hall–Kier alpha value is -1.82. The van der Waals surface area contributed by atoms with Crippen molar-refractivity contribution in [3.8, 4) is 5.69 Å². The van der Waals surface area contributed by atoms with Gasteiger partial charge < -0.3 is 4.74 Å². The molecule has 0 spiro atoms. The maximum atomic E-state index is 11.2. The third kappa shape index (κ3) is 4.09. The number of hydrogen-bond donors (Lipinski definition) is 0. The average molecular weight is 291 g/mol. The van der Waals surface area contributed by atoms with Crippen LogP contribution >= 0.6 is 11.8 Å². The largest absolute Gasteiger partial charge is 0.466 e. The predicted octanol–water partition coefficient (Wildman–Crippen LogP) is 2.70. The number of rotatable bonds is 7. The summed E-state index contributed by atoms with van der Waals surface area (Å²) in [6, 6.07) is 9.94. The van der Waals surface area contributed by atoms with Crippen molar-refractivity contribution in [3.05, 3.63) is 36.7 Å². The summed E-state index contributed by atoms with van der Waals surface area (Å²) in [5, 5.41) is 8.88. The smallest absolute Gasteiger partial charge is 0.305 e. The zero-order chi connectivity index (χ0) is 14.2. The summed E-state index contributed by atoms with van der Waals surface area (Å²) in [4.78, 5) is 11.2. The molecule has 2 aromatic rings. The van der Waals surface area contributed by atoms with E-state index in [1.165, 1.54) is 0 Å². The van der Waals surface area contributed by atoms with Crippen LogP contribution in [0.15, 0.2) is 41.8 Å². The summed E-state index contributed by atoms with van der Waals surface area (Å²) >= 11 is 1.59. The Labute approximate surface area is 122 Å². The van der Waals surface area contributed by atoms with Crippen molar-refractivity contribution in [2.24, 2.45) is 0 Å². The van der Waals surface area contributed by atoms with E-state index in [2.05, 4.69) is 10.2 Å². The first-order valence-electron chi connectivity index (χ1n) is 6.55. The molecular weight excluding hydrogens is 274 g/mol. The van der Waals surface area contributed by atoms with Crippen molar-refractivity contribution in [1.82, 2.24) is 14.8 Å². The van der Waals surface area contributed by atoms with Crippen molar-refractivity contribution in [1.29, 1.82) is 0 Å². The lowest BCUT2D eigenvalue weighted by atomic mass is 10.3. The number of benzene rings is 1. The number of nitrogens with zero attached hydrogens (tertiary/aromatic N) is 3. The van der Waals surface area contributed by atoms with Gasteiger partial charge in [-0.2, -0.15) is 0 Å². The highest BCUT2D eigenvalue weighted by molar-refractivity contribution is 7.99. The van der Waals surface area contributed by atoms with Crippen LogP contribution < -0.4 is 0 Å². The minimum Gasteiger partial charge on any atom is -0.466 e. The van der Waals surface area contributed by atoms with E-state index >= 15 is 0 Å². The van der Waals surface area contributed by atoms with Gasteiger partial charge in [-0.25, -0.2) is 0 Å². The molecule has 0 radical (unpaired) electrons. The Kier molecular flexibility index (Phi) is 5.61. The van der Waals surface area contributed by atoms with Gasteiger partial charge in [-0.15, -0.1) is 10.2 Å². The highest BCUT2D eigenvalue weighted by atomic mass is 32.2. The van der Waals surface area contributed by atoms with Crippen molar-refractivity contribution in [2.45, 2.75) is 24.9 Å². The van der Waals surface area contributed by atoms with Gasteiger partial charge >= 0.3 is 5.97 Å². The highest BCUT2D eigenvalue weighted by Gasteiger charge is 2.07. The number of esters is 1. The van der Waals surface area contributed by atoms with E-state index in [1.54, 1.807) is 18.1 Å². The van der Waals surface area contributed by atoms with Crippen LogP contribution in [0.1, 0.15) is 19.8 Å². The van der Waals surface area contributed by atoms with Crippen LogP contribution in [-0.4, -0.2) is 33.1 Å². The molecule has 0 saturated carbocycles. The molecule has 1 aromatic carbocycles. The maximum Gasteiger partial charge on any atom is 0.305 e. The molecular formula is C14H17N3O2S. The Morgan fingerprint density at radius 2 is 2.15 bits per heavy atom. The molecule has 0 aliphatic rings. The van der Waals surface area contributed by atoms with E-state index < -0.39 is 0 Å². The molecule has 0 amide bonds. The number of carbonyl (C=O) groups is 1. The van der Waals surface area contributed by atoms with Crippen LogP contribution in [0.2, 0.25) is 0 Å². The summed E-state index contributed by atoms with van der Waals surface area (Å²) in [7, 11) is 0. The Balaban J connectivity index is 1.86. The second kappa shape index (κ2) is 7.69. The number of aromatic nitrogens is 3. The third-order valence-corrected chi connectivity index (χ3v) is 3.64. The third-order valence-electron chi connectivity index (χ3n) is 2.61. The summed E-state index contributed by atoms with van der Waals surface area (Å²) in [6.45, 7) is 2.25. The fraction of sp³-hybridized carbons (Fsp3) is 0.357. The number of carbonyl (C=O) groups excluding carboxylic acids is 1. The zero-order valence-electron chi connectivity index (χ0n) is 11.4. The first-order chi connectivity index (χ1) is 9.81. The molecule has 0 unspecified atom stereocenters. The molecule has 0 fully saturated rings. The lowest BCUT2D eigenvalue weighted by Crippen LogP contribution is -2.04. The van der Waals surface area contributed by atoms with Crippen LogP contribution in [0, 0.1) is 0 Å². The van der Waals surface area contributed by atoms with E-state index in [4.69, 9.17) is 4.74 Å². The second-order valence-corrected chi connectivity index (χ2v) is 5.14. The normalized spacial score (nSPS) is 10.4. The quantitative estimate of drug-likeness (QED) is 0.446. The van der Waals surface area contributed by atoms with E-state index in [-0.39, 0.29) is 5.97 Å². The Bertz CT molecular complexity index is 542. The minimum absolute atomic E-state index is 0.141. The SMILES string of the molecule is CCOC(=O)CCCSc1nncn1-c1ccccc1. The number of hydrogen-bond acceptors (Lipinski definition) is 5. The minimum atomic E-state index is -0.141. The topological polar surface area (TPSA) is 57.0 Å². The average Bonchev–Trinajstić information content (AvgIpc) is 2.93. The molecule has 106 valence electrons. The van der Waals surface area contributed by atoms with Gasteiger partial charge in [0.15, 0.2) is 5.16 Å². The molecule has 1 aromatic heterocycles. The lowest BCUT2D eigenvalue weighted by Gasteiger charge is -2.05. The Morgan fingerprint density at radius 3 is 2.90 bits per heavy atom. The van der Waals surface area contributed by atoms with Gasteiger partial charge in [-0.3, -0.25) is 9.36 Å². The van der Waals surface area contributed by atoms with Gasteiger partial charge in [0.1, 0.15) is 6.33 Å². The molecule has 0 saturated heterocycles. The summed E-state index contributed by atoms with van der Waals surface area (Å²) < 4.78 is 6.83. The van der Waals surface area contributed by atoms with E-state index in [0.717, 1.165) is 23.0 Å². The van der Waals surface area contributed by atoms with Crippen molar-refractivity contribution in [3.63, 3.8) is 0 Å². The van der Waals surface area contributed by atoms with Crippen LogP contribution in [0.3, 0.4) is 0 Å². The van der Waals surface area contributed by atoms with Crippen molar-refractivity contribution in [2.75, 3.05) is 12.4 Å². The molecule has 0 aliphatic carbocycles. The molecule has 6 heteroatoms. The molecule has 1 heterocycles. The van der Waals surface area contributed by atoms with Gasteiger partial charge in [0.2, 0.25) is 0 Å². The van der Waals surface area contributed by atoms with E-state index in [9.17, 15) is 4.79 Å². The standard InChI is InChI=1S/C14H17N3O2S/c1-2-19-13(18)9-6-10-20-14-16-15-11-17(14)12-7-4-3-5-8-12/h3-5,7-8,11H,2,6,9-10H2,1H3. The molecule has 0 N–H and O–H groups in total. The highest BCUT2D eigenvalue weighted by Crippen LogP contribution is 2.20. The monoisotopic (exact) mass is 291 g/mol. The molecule has 0 aliphatic heterocycles. The number of ether oxygens (including phenoxy) is 1. The summed E-state index contributed by atoms with van der Waals surface area (Å²) in [5.74, 6) is 0.669. The van der Waals surface area contributed by atoms with Crippen LogP contribution in [0.4, 0.5) is 0 Å². The molecule has 0 atom stereocenters. The van der Waals surface area contributed by atoms with Crippen molar-refractivity contribution >= 4 is 17.7 Å². The fourth-order valence-corrected chi connectivity index (χ4v) is 2.57. The van der Waals surface area contributed by atoms with Crippen LogP contribution in [0.25, 0.3) is 5.69 Å². The number of thioether (sulfide) groups is 1. The molecule has 0 bridgehead atoms. The lowest BCUT2D eigenvalue weighted by molar-refractivity contribution is -0.143. The zero-order valence-corrected chi connectivity index (χ0v) is 12.2. The first kappa shape index (κ1) is 14.6. The number of para-hydroxylation sites is 1. The fourth-order valence-electron chi connectivity index (χ4n) is 1.70. The Morgan fingerprint density at radius 1 is 1.35 bits per heavy atom. The summed E-state index contributed by atoms with van der Waals surface area (Å²) in [6.07, 6.45) is 2.91. The van der Waals surface area contributed by atoms with Gasteiger partial charge in [-0.1, -0.05) is 30.0 Å². The second-order valence-electron chi connectivity index (χ2n) is 4.08. The first-order valence-corrected chi connectivity index (χ1v) is 7.53. The van der Waals surface area contributed by atoms with Crippen LogP contribution in [-0.2, 0) is 9.53 Å². The van der Waals surface area contributed by atoms with Gasteiger partial charge in [-0.05, 0) is 25.5 Å².